The van der Waals surface area contributed by atoms with E-state index in [1.807, 2.05) is 18.3 Å². The Bertz CT molecular complexity index is 870. The van der Waals surface area contributed by atoms with Crippen molar-refractivity contribution in [3.05, 3.63) is 41.6 Å². The largest absolute Gasteiger partial charge is 0.393 e. The zero-order chi connectivity index (χ0) is 22.5. The third-order valence-corrected chi connectivity index (χ3v) is 6.78. The lowest BCUT2D eigenvalue weighted by atomic mass is 9.89. The number of nitrogens with zero attached hydrogens (tertiary/aromatic N) is 3. The molecule has 0 bridgehead atoms. The quantitative estimate of drug-likeness (QED) is 0.561. The Kier molecular flexibility index (Phi) is 7.63. The van der Waals surface area contributed by atoms with Gasteiger partial charge in [0.2, 0.25) is 5.95 Å². The lowest BCUT2D eigenvalue weighted by Gasteiger charge is -2.34. The number of aliphatic hydroxyl groups excluding tert-OH is 1. The first-order chi connectivity index (χ1) is 15.5. The molecule has 6 nitrogen and oxygen atoms in total. The Morgan fingerprint density at radius 1 is 1.09 bits per heavy atom. The number of likely N-dealkylation sites (tertiary alicyclic amines) is 1. The first kappa shape index (κ1) is 23.0. The van der Waals surface area contributed by atoms with Crippen molar-refractivity contribution in [1.82, 2.24) is 14.9 Å². The van der Waals surface area contributed by atoms with E-state index in [2.05, 4.69) is 48.4 Å². The monoisotopic (exact) mass is 437 g/mol. The molecule has 1 aliphatic heterocycles. The zero-order valence-electron chi connectivity index (χ0n) is 19.8. The maximum atomic E-state index is 9.90. The van der Waals surface area contributed by atoms with Gasteiger partial charge in [0.25, 0.3) is 0 Å². The van der Waals surface area contributed by atoms with Gasteiger partial charge < -0.3 is 20.6 Å². The molecule has 1 aromatic heterocycles. The maximum absolute atomic E-state index is 9.90. The number of hydrogen-bond donors (Lipinski definition) is 3. The van der Waals surface area contributed by atoms with Gasteiger partial charge in [-0.3, -0.25) is 0 Å². The molecule has 1 saturated heterocycles. The van der Waals surface area contributed by atoms with Crippen LogP contribution in [-0.2, 0) is 0 Å². The van der Waals surface area contributed by atoms with Gasteiger partial charge in [0.05, 0.1) is 6.10 Å². The second kappa shape index (κ2) is 10.6. The summed E-state index contributed by atoms with van der Waals surface area (Å²) in [5.74, 6) is 2.80. The Hall–Kier alpha value is -2.18. The predicted molar refractivity (Wildman–Crippen MR) is 132 cm³/mol. The summed E-state index contributed by atoms with van der Waals surface area (Å²) in [5, 5.41) is 17.0. The summed E-state index contributed by atoms with van der Waals surface area (Å²) >= 11 is 0. The number of aliphatic hydroxyl groups is 1. The van der Waals surface area contributed by atoms with E-state index < -0.39 is 0 Å². The molecule has 2 aromatic rings. The number of hydrogen-bond acceptors (Lipinski definition) is 6. The molecular weight excluding hydrogens is 398 g/mol. The Morgan fingerprint density at radius 2 is 1.84 bits per heavy atom. The SMILES string of the molecule is Cc1cccc(Nc2ncc(C3CCN(CC(C)C)CC3)c(NC3CCC(O)CC3)n2)c1. The maximum Gasteiger partial charge on any atom is 0.229 e. The molecule has 32 heavy (non-hydrogen) atoms. The highest BCUT2D eigenvalue weighted by Gasteiger charge is 2.26. The van der Waals surface area contributed by atoms with Crippen LogP contribution in [0.15, 0.2) is 30.5 Å². The van der Waals surface area contributed by atoms with Crippen LogP contribution in [-0.4, -0.2) is 51.8 Å². The summed E-state index contributed by atoms with van der Waals surface area (Å²) < 4.78 is 0. The topological polar surface area (TPSA) is 73.3 Å². The number of anilines is 3. The first-order valence-electron chi connectivity index (χ1n) is 12.3. The molecule has 2 fully saturated rings. The average Bonchev–Trinajstić information content (AvgIpc) is 2.76. The van der Waals surface area contributed by atoms with Gasteiger partial charge in [0.1, 0.15) is 5.82 Å². The Labute approximate surface area is 192 Å². The molecule has 0 atom stereocenters. The first-order valence-corrected chi connectivity index (χ1v) is 12.3. The predicted octanol–water partition coefficient (Wildman–Crippen LogP) is 5.08. The van der Waals surface area contributed by atoms with Gasteiger partial charge in [0, 0.05) is 30.0 Å². The van der Waals surface area contributed by atoms with Gasteiger partial charge in [-0.2, -0.15) is 4.98 Å². The number of aromatic nitrogens is 2. The molecule has 1 saturated carbocycles. The third-order valence-electron chi connectivity index (χ3n) is 6.78. The molecule has 4 rings (SSSR count). The van der Waals surface area contributed by atoms with Crippen molar-refractivity contribution in [1.29, 1.82) is 0 Å². The van der Waals surface area contributed by atoms with Crippen LogP contribution in [0, 0.1) is 12.8 Å². The minimum Gasteiger partial charge on any atom is -0.393 e. The molecule has 6 heteroatoms. The number of rotatable bonds is 7. The van der Waals surface area contributed by atoms with E-state index in [-0.39, 0.29) is 6.10 Å². The zero-order valence-corrected chi connectivity index (χ0v) is 19.8. The fourth-order valence-corrected chi connectivity index (χ4v) is 5.07. The highest BCUT2D eigenvalue weighted by atomic mass is 16.3. The van der Waals surface area contributed by atoms with Crippen molar-refractivity contribution in [3.63, 3.8) is 0 Å². The summed E-state index contributed by atoms with van der Waals surface area (Å²) in [6.07, 6.45) is 7.88. The van der Waals surface area contributed by atoms with E-state index in [1.165, 1.54) is 17.7 Å². The third kappa shape index (κ3) is 6.20. The Balaban J connectivity index is 1.52. The fourth-order valence-electron chi connectivity index (χ4n) is 5.07. The molecule has 1 aliphatic carbocycles. The van der Waals surface area contributed by atoms with Gasteiger partial charge in [-0.05, 0) is 88.1 Å². The van der Waals surface area contributed by atoms with Crippen molar-refractivity contribution in [3.8, 4) is 0 Å². The van der Waals surface area contributed by atoms with E-state index >= 15 is 0 Å². The van der Waals surface area contributed by atoms with Gasteiger partial charge in [-0.25, -0.2) is 4.98 Å². The van der Waals surface area contributed by atoms with E-state index in [0.717, 1.165) is 63.1 Å². The lowest BCUT2D eigenvalue weighted by Crippen LogP contribution is -2.36. The van der Waals surface area contributed by atoms with Crippen molar-refractivity contribution in [2.24, 2.45) is 5.92 Å². The summed E-state index contributed by atoms with van der Waals surface area (Å²) in [7, 11) is 0. The van der Waals surface area contributed by atoms with Crippen molar-refractivity contribution in [2.45, 2.75) is 77.4 Å². The molecule has 3 N–H and O–H groups in total. The van der Waals surface area contributed by atoms with Crippen LogP contribution in [0.4, 0.5) is 17.5 Å². The standard InChI is InChI=1S/C26H39N5O/c1-18(2)17-31-13-11-20(12-14-31)24-16-27-26(29-22-6-4-5-19(3)15-22)30-25(24)28-21-7-9-23(32)10-8-21/h4-6,15-16,18,20-21,23,32H,7-14,17H2,1-3H3,(H2,27,28,29,30). The summed E-state index contributed by atoms with van der Waals surface area (Å²) in [5.41, 5.74) is 3.46. The highest BCUT2D eigenvalue weighted by Crippen LogP contribution is 2.34. The van der Waals surface area contributed by atoms with Crippen molar-refractivity contribution in [2.75, 3.05) is 30.3 Å². The Morgan fingerprint density at radius 3 is 2.53 bits per heavy atom. The van der Waals surface area contributed by atoms with Crippen LogP contribution in [0.25, 0.3) is 0 Å². The minimum atomic E-state index is -0.151. The van der Waals surface area contributed by atoms with Gasteiger partial charge in [0.15, 0.2) is 0 Å². The average molecular weight is 438 g/mol. The fraction of sp³-hybridized carbons (Fsp3) is 0.615. The van der Waals surface area contributed by atoms with Crippen molar-refractivity contribution >= 4 is 17.5 Å². The van der Waals surface area contributed by atoms with Crippen molar-refractivity contribution < 1.29 is 5.11 Å². The van der Waals surface area contributed by atoms with Gasteiger partial charge in [-0.15, -0.1) is 0 Å². The van der Waals surface area contributed by atoms with E-state index in [1.54, 1.807) is 0 Å². The smallest absolute Gasteiger partial charge is 0.229 e. The molecule has 0 spiro atoms. The van der Waals surface area contributed by atoms with Crippen LogP contribution in [0.5, 0.6) is 0 Å². The summed E-state index contributed by atoms with van der Waals surface area (Å²) in [6.45, 7) is 10.1. The molecule has 2 heterocycles. The van der Waals surface area contributed by atoms with Crippen LogP contribution < -0.4 is 10.6 Å². The number of aryl methyl sites for hydroxylation is 1. The summed E-state index contributed by atoms with van der Waals surface area (Å²) in [4.78, 5) is 12.2. The molecule has 174 valence electrons. The number of piperidine rings is 1. The number of nitrogens with one attached hydrogen (secondary N) is 2. The number of benzene rings is 1. The molecule has 0 unspecified atom stereocenters. The van der Waals surface area contributed by atoms with Crippen LogP contribution in [0.2, 0.25) is 0 Å². The molecule has 2 aliphatic rings. The van der Waals surface area contributed by atoms with Gasteiger partial charge in [-0.1, -0.05) is 26.0 Å². The normalized spacial score (nSPS) is 22.8. The van der Waals surface area contributed by atoms with Gasteiger partial charge >= 0.3 is 0 Å². The molecule has 1 aromatic carbocycles. The molecule has 0 radical (unpaired) electrons. The molecule has 0 amide bonds. The lowest BCUT2D eigenvalue weighted by molar-refractivity contribution is 0.126. The minimum absolute atomic E-state index is 0.151. The van der Waals surface area contributed by atoms with Crippen LogP contribution in [0.1, 0.15) is 69.4 Å². The van der Waals surface area contributed by atoms with E-state index in [9.17, 15) is 5.11 Å². The second-order valence-electron chi connectivity index (χ2n) is 10.1. The van der Waals surface area contributed by atoms with E-state index in [0.29, 0.717) is 23.8 Å². The van der Waals surface area contributed by atoms with Crippen LogP contribution >= 0.6 is 0 Å². The second-order valence-corrected chi connectivity index (χ2v) is 10.1. The molecular formula is C26H39N5O. The van der Waals surface area contributed by atoms with Crippen LogP contribution in [0.3, 0.4) is 0 Å². The van der Waals surface area contributed by atoms with E-state index in [4.69, 9.17) is 9.97 Å². The summed E-state index contributed by atoms with van der Waals surface area (Å²) in [6, 6.07) is 8.65. The highest BCUT2D eigenvalue weighted by molar-refractivity contribution is 5.57.